The molecule has 1 heterocycles. The molecule has 0 spiro atoms. The maximum absolute atomic E-state index is 10.7. The van der Waals surface area contributed by atoms with Crippen molar-refractivity contribution in [2.45, 2.75) is 13.5 Å². The first-order valence-electron chi connectivity index (χ1n) is 4.84. The third-order valence-corrected chi connectivity index (χ3v) is 2.37. The minimum Gasteiger partial charge on any atom is -0.461 e. The van der Waals surface area contributed by atoms with E-state index in [2.05, 4.69) is 4.98 Å². The van der Waals surface area contributed by atoms with Crippen LogP contribution in [0.25, 0.3) is 10.9 Å². The average molecular weight is 236 g/mol. The van der Waals surface area contributed by atoms with Crippen molar-refractivity contribution in [3.05, 3.63) is 41.0 Å². The van der Waals surface area contributed by atoms with Crippen molar-refractivity contribution < 1.29 is 9.53 Å². The number of carbonyl (C=O) groups excluding carboxylic acids is 1. The molecule has 1 aromatic heterocycles. The van der Waals surface area contributed by atoms with E-state index in [4.69, 9.17) is 16.3 Å². The van der Waals surface area contributed by atoms with Crippen molar-refractivity contribution in [1.29, 1.82) is 0 Å². The predicted molar refractivity (Wildman–Crippen MR) is 62.2 cm³/mol. The van der Waals surface area contributed by atoms with Crippen molar-refractivity contribution in [2.24, 2.45) is 0 Å². The molecule has 2 aromatic rings. The standard InChI is InChI=1S/C12H10ClNO2/c1-8(15)16-7-9-2-4-11-10(6-9)3-5-12(13)14-11/h2-6H,7H2,1H3. The highest BCUT2D eigenvalue weighted by Crippen LogP contribution is 2.17. The van der Waals surface area contributed by atoms with Gasteiger partial charge in [0, 0.05) is 12.3 Å². The van der Waals surface area contributed by atoms with Crippen molar-refractivity contribution in [1.82, 2.24) is 4.98 Å². The summed E-state index contributed by atoms with van der Waals surface area (Å²) in [5, 5.41) is 1.45. The minimum atomic E-state index is -0.283. The molecule has 1 aromatic carbocycles. The summed E-state index contributed by atoms with van der Waals surface area (Å²) in [6, 6.07) is 9.29. The molecule has 0 aliphatic rings. The van der Waals surface area contributed by atoms with Crippen LogP contribution in [0.4, 0.5) is 0 Å². The van der Waals surface area contributed by atoms with E-state index in [0.29, 0.717) is 5.15 Å². The number of fused-ring (bicyclic) bond motifs is 1. The third kappa shape index (κ3) is 2.49. The molecule has 0 radical (unpaired) electrons. The topological polar surface area (TPSA) is 39.2 Å². The molecule has 2 rings (SSSR count). The molecule has 0 amide bonds. The molecule has 0 saturated heterocycles. The quantitative estimate of drug-likeness (QED) is 0.594. The first-order valence-corrected chi connectivity index (χ1v) is 5.21. The van der Waals surface area contributed by atoms with Crippen LogP contribution in [0.2, 0.25) is 5.15 Å². The molecular weight excluding hydrogens is 226 g/mol. The fraction of sp³-hybridized carbons (Fsp3) is 0.167. The van der Waals surface area contributed by atoms with E-state index < -0.39 is 0 Å². The Morgan fingerprint density at radius 1 is 1.38 bits per heavy atom. The Bertz CT molecular complexity index is 540. The molecule has 0 atom stereocenters. The van der Waals surface area contributed by atoms with Crippen LogP contribution in [0.15, 0.2) is 30.3 Å². The number of pyridine rings is 1. The van der Waals surface area contributed by atoms with Crippen molar-refractivity contribution in [2.75, 3.05) is 0 Å². The van der Waals surface area contributed by atoms with Gasteiger partial charge in [0.05, 0.1) is 5.52 Å². The number of aromatic nitrogens is 1. The number of carbonyl (C=O) groups is 1. The Morgan fingerprint density at radius 2 is 2.19 bits per heavy atom. The summed E-state index contributed by atoms with van der Waals surface area (Å²) in [5.74, 6) is -0.283. The van der Waals surface area contributed by atoms with E-state index in [0.717, 1.165) is 16.5 Å². The first-order chi connectivity index (χ1) is 7.65. The van der Waals surface area contributed by atoms with E-state index in [9.17, 15) is 4.79 Å². The second-order valence-electron chi connectivity index (χ2n) is 3.44. The highest BCUT2D eigenvalue weighted by atomic mass is 35.5. The summed E-state index contributed by atoms with van der Waals surface area (Å²) >= 11 is 5.78. The fourth-order valence-electron chi connectivity index (χ4n) is 1.42. The lowest BCUT2D eigenvalue weighted by Gasteiger charge is -2.03. The number of rotatable bonds is 2. The molecule has 4 heteroatoms. The van der Waals surface area contributed by atoms with Crippen LogP contribution in [0.5, 0.6) is 0 Å². The summed E-state index contributed by atoms with van der Waals surface area (Å²) in [4.78, 5) is 14.8. The number of hydrogen-bond donors (Lipinski definition) is 0. The van der Waals surface area contributed by atoms with Gasteiger partial charge in [0.15, 0.2) is 0 Å². The summed E-state index contributed by atoms with van der Waals surface area (Å²) in [6.07, 6.45) is 0. The smallest absolute Gasteiger partial charge is 0.302 e. The Labute approximate surface area is 98.0 Å². The van der Waals surface area contributed by atoms with Crippen LogP contribution in [0, 0.1) is 0 Å². The van der Waals surface area contributed by atoms with Crippen LogP contribution < -0.4 is 0 Å². The molecule has 82 valence electrons. The predicted octanol–water partition coefficient (Wildman–Crippen LogP) is 2.95. The van der Waals surface area contributed by atoms with Gasteiger partial charge in [-0.3, -0.25) is 4.79 Å². The molecular formula is C12H10ClNO2. The second-order valence-corrected chi connectivity index (χ2v) is 3.83. The largest absolute Gasteiger partial charge is 0.461 e. The van der Waals surface area contributed by atoms with E-state index >= 15 is 0 Å². The summed E-state index contributed by atoms with van der Waals surface area (Å²) in [7, 11) is 0. The van der Waals surface area contributed by atoms with Gasteiger partial charge in [-0.1, -0.05) is 17.7 Å². The zero-order chi connectivity index (χ0) is 11.5. The van der Waals surface area contributed by atoms with E-state index in [1.54, 1.807) is 6.07 Å². The molecule has 0 aliphatic heterocycles. The lowest BCUT2D eigenvalue weighted by molar-refractivity contribution is -0.142. The zero-order valence-corrected chi connectivity index (χ0v) is 9.49. The molecule has 0 fully saturated rings. The van der Waals surface area contributed by atoms with Crippen LogP contribution >= 0.6 is 11.6 Å². The van der Waals surface area contributed by atoms with Gasteiger partial charge in [0.2, 0.25) is 0 Å². The van der Waals surface area contributed by atoms with E-state index in [1.807, 2.05) is 24.3 Å². The van der Waals surface area contributed by atoms with Gasteiger partial charge in [-0.2, -0.15) is 0 Å². The Kier molecular flexibility index (Phi) is 3.06. The summed E-state index contributed by atoms with van der Waals surface area (Å²) < 4.78 is 4.92. The second kappa shape index (κ2) is 4.49. The number of benzene rings is 1. The van der Waals surface area contributed by atoms with Gasteiger partial charge >= 0.3 is 5.97 Å². The minimum absolute atomic E-state index is 0.283. The van der Waals surface area contributed by atoms with E-state index in [1.165, 1.54) is 6.92 Å². The van der Waals surface area contributed by atoms with Crippen molar-refractivity contribution in [3.8, 4) is 0 Å². The van der Waals surface area contributed by atoms with Crippen molar-refractivity contribution >= 4 is 28.5 Å². The molecule has 0 unspecified atom stereocenters. The average Bonchev–Trinajstić information content (AvgIpc) is 2.26. The van der Waals surface area contributed by atoms with Gasteiger partial charge in [-0.05, 0) is 29.8 Å². The van der Waals surface area contributed by atoms with Gasteiger partial charge < -0.3 is 4.74 Å². The van der Waals surface area contributed by atoms with Crippen LogP contribution in [0.3, 0.4) is 0 Å². The first kappa shape index (κ1) is 10.9. The molecule has 0 aliphatic carbocycles. The van der Waals surface area contributed by atoms with E-state index in [-0.39, 0.29) is 12.6 Å². The number of halogens is 1. The third-order valence-electron chi connectivity index (χ3n) is 2.16. The molecule has 0 bridgehead atoms. The lowest BCUT2D eigenvalue weighted by atomic mass is 10.1. The Hall–Kier alpha value is -1.61. The highest BCUT2D eigenvalue weighted by Gasteiger charge is 2.00. The molecule has 0 saturated carbocycles. The monoisotopic (exact) mass is 235 g/mol. The van der Waals surface area contributed by atoms with Crippen LogP contribution in [-0.4, -0.2) is 11.0 Å². The maximum atomic E-state index is 10.7. The fourth-order valence-corrected chi connectivity index (χ4v) is 1.58. The molecule has 3 nitrogen and oxygen atoms in total. The molecule has 0 N–H and O–H groups in total. The van der Waals surface area contributed by atoms with Gasteiger partial charge in [-0.15, -0.1) is 0 Å². The van der Waals surface area contributed by atoms with Crippen LogP contribution in [-0.2, 0) is 16.1 Å². The number of ether oxygens (including phenoxy) is 1. The van der Waals surface area contributed by atoms with Crippen LogP contribution in [0.1, 0.15) is 12.5 Å². The SMILES string of the molecule is CC(=O)OCc1ccc2nc(Cl)ccc2c1. The lowest BCUT2D eigenvalue weighted by Crippen LogP contribution is -1.98. The zero-order valence-electron chi connectivity index (χ0n) is 8.74. The highest BCUT2D eigenvalue weighted by molar-refractivity contribution is 6.29. The number of hydrogen-bond acceptors (Lipinski definition) is 3. The normalized spacial score (nSPS) is 10.4. The maximum Gasteiger partial charge on any atom is 0.302 e. The van der Waals surface area contributed by atoms with Gasteiger partial charge in [-0.25, -0.2) is 4.98 Å². The van der Waals surface area contributed by atoms with Crippen molar-refractivity contribution in [3.63, 3.8) is 0 Å². The summed E-state index contributed by atoms with van der Waals surface area (Å²) in [5.41, 5.74) is 1.77. The van der Waals surface area contributed by atoms with Gasteiger partial charge in [0.25, 0.3) is 0 Å². The Balaban J connectivity index is 2.30. The number of esters is 1. The van der Waals surface area contributed by atoms with Gasteiger partial charge in [0.1, 0.15) is 11.8 Å². The Morgan fingerprint density at radius 3 is 2.94 bits per heavy atom. The molecule has 16 heavy (non-hydrogen) atoms. The summed E-state index contributed by atoms with van der Waals surface area (Å²) in [6.45, 7) is 1.68. The number of nitrogens with zero attached hydrogens (tertiary/aromatic N) is 1.